The van der Waals surface area contributed by atoms with Crippen LogP contribution in [0.15, 0.2) is 66.0 Å². The Morgan fingerprint density at radius 1 is 1.42 bits per heavy atom. The molecule has 0 bridgehead atoms. The molecule has 2 aromatic rings. The second-order valence-electron chi connectivity index (χ2n) is 8.86. The third-order valence-electron chi connectivity index (χ3n) is 5.89. The molecule has 1 atom stereocenters. The van der Waals surface area contributed by atoms with Crippen molar-refractivity contribution in [2.45, 2.75) is 38.3 Å². The molecule has 0 saturated heterocycles. The van der Waals surface area contributed by atoms with Crippen molar-refractivity contribution in [3.05, 3.63) is 84.6 Å². The van der Waals surface area contributed by atoms with Gasteiger partial charge in [-0.05, 0) is 0 Å². The summed E-state index contributed by atoms with van der Waals surface area (Å²) in [5, 5.41) is 20.1. The van der Waals surface area contributed by atoms with E-state index in [0.29, 0.717) is 17.0 Å². The molecule has 1 fully saturated rings. The molecule has 1 N–H and O–H groups in total. The van der Waals surface area contributed by atoms with Crippen LogP contribution in [-0.2, 0) is 17.2 Å². The van der Waals surface area contributed by atoms with E-state index >= 15 is 8.78 Å². The van der Waals surface area contributed by atoms with Crippen LogP contribution in [0.1, 0.15) is 31.0 Å². The van der Waals surface area contributed by atoms with Crippen molar-refractivity contribution in [3.63, 3.8) is 0 Å². The van der Waals surface area contributed by atoms with Crippen LogP contribution >= 0.6 is 11.6 Å². The molecule has 0 radical (unpaired) electrons. The van der Waals surface area contributed by atoms with Gasteiger partial charge in [0.25, 0.3) is 0 Å². The monoisotopic (exact) mass is 655 g/mol. The van der Waals surface area contributed by atoms with E-state index in [1.807, 2.05) is 10.2 Å². The molecule has 4 rings (SSSR count). The molecule has 0 spiro atoms. The molecule has 8 nitrogen and oxygen atoms in total. The van der Waals surface area contributed by atoms with E-state index in [1.54, 1.807) is 6.08 Å². The number of aromatic nitrogens is 2. The van der Waals surface area contributed by atoms with Gasteiger partial charge in [0.15, 0.2) is 0 Å². The van der Waals surface area contributed by atoms with Gasteiger partial charge in [0.2, 0.25) is 0 Å². The molecule has 1 unspecified atom stereocenters. The number of halogens is 4. The van der Waals surface area contributed by atoms with E-state index in [4.69, 9.17) is 21.1 Å². The molecule has 0 amide bonds. The summed E-state index contributed by atoms with van der Waals surface area (Å²) in [5.41, 5.74) is -1.02. The van der Waals surface area contributed by atoms with Crippen molar-refractivity contribution in [3.8, 4) is 17.6 Å². The number of alkyl halides is 2. The maximum atomic E-state index is 15.1. The number of aliphatic hydroxyl groups is 1. The third-order valence-corrected chi connectivity index (χ3v) is 7.90. The van der Waals surface area contributed by atoms with E-state index in [2.05, 4.69) is 14.8 Å². The molecule has 2 aliphatic rings. The fourth-order valence-electron chi connectivity index (χ4n) is 3.68. The van der Waals surface area contributed by atoms with E-state index in [0.717, 1.165) is 30.7 Å². The number of aliphatic hydroxyl groups excluding tert-OH is 1. The summed E-state index contributed by atoms with van der Waals surface area (Å²) in [5.74, 6) is -3.99. The minimum absolute atomic E-state index is 0.0345. The van der Waals surface area contributed by atoms with Crippen molar-refractivity contribution < 1.29 is 44.8 Å². The van der Waals surface area contributed by atoms with Gasteiger partial charge in [0.1, 0.15) is 0 Å². The summed E-state index contributed by atoms with van der Waals surface area (Å²) in [6.45, 7) is 4.41. The number of nitrogens with zero attached hydrogens (tertiary/aromatic N) is 4. The first-order valence-corrected chi connectivity index (χ1v) is 14.0. The van der Waals surface area contributed by atoms with E-state index < -0.39 is 56.1 Å². The van der Waals surface area contributed by atoms with Crippen LogP contribution in [0.25, 0.3) is 0 Å². The van der Waals surface area contributed by atoms with Gasteiger partial charge in [0, 0.05) is 0 Å². The zero-order chi connectivity index (χ0) is 27.6. The third kappa shape index (κ3) is 5.98. The summed E-state index contributed by atoms with van der Waals surface area (Å²) in [7, 11) is 1.48. The van der Waals surface area contributed by atoms with Crippen molar-refractivity contribution in [2.24, 2.45) is 9.12 Å². The van der Waals surface area contributed by atoms with Crippen molar-refractivity contribution in [1.29, 1.82) is 5.26 Å². The number of allylic oxidation sites excluding steroid dienone is 3. The van der Waals surface area contributed by atoms with Gasteiger partial charge in [-0.3, -0.25) is 0 Å². The molecule has 1 aromatic carbocycles. The summed E-state index contributed by atoms with van der Waals surface area (Å²) >= 11 is 5.18. The van der Waals surface area contributed by atoms with Crippen LogP contribution in [0.2, 0.25) is 5.02 Å². The Hall–Kier alpha value is -3.08. The van der Waals surface area contributed by atoms with Crippen molar-refractivity contribution in [2.75, 3.05) is 7.11 Å². The molecule has 1 aliphatic heterocycles. The Morgan fingerprint density at radius 2 is 2.16 bits per heavy atom. The average molecular weight is 656 g/mol. The fourth-order valence-corrected chi connectivity index (χ4v) is 5.51. The molecular weight excluding hydrogens is 633 g/mol. The van der Waals surface area contributed by atoms with Gasteiger partial charge < -0.3 is 0 Å². The number of benzene rings is 1. The van der Waals surface area contributed by atoms with Gasteiger partial charge in [-0.25, -0.2) is 0 Å². The normalized spacial score (nSPS) is 16.6. The molecule has 200 valence electrons. The van der Waals surface area contributed by atoms with E-state index in [-0.39, 0.29) is 28.8 Å². The Morgan fingerprint density at radius 3 is 2.79 bits per heavy atom. The van der Waals surface area contributed by atoms with Gasteiger partial charge >= 0.3 is 234 Å². The number of hydrogen-bond donors (Lipinski definition) is 1. The van der Waals surface area contributed by atoms with Crippen LogP contribution in [0, 0.1) is 17.2 Å². The number of rotatable bonds is 8. The van der Waals surface area contributed by atoms with Crippen LogP contribution < -0.4 is 31.8 Å². The molecule has 1 aliphatic carbocycles. The number of ether oxygens (including phenoxy) is 2. The van der Waals surface area contributed by atoms with Gasteiger partial charge in [0.05, 0.1) is 0 Å². The summed E-state index contributed by atoms with van der Waals surface area (Å²) in [6, 6.07) is 5.85. The van der Waals surface area contributed by atoms with Crippen LogP contribution in [0.3, 0.4) is 0 Å². The van der Waals surface area contributed by atoms with Crippen molar-refractivity contribution >= 4 is 17.5 Å². The Balaban J connectivity index is 1.77. The maximum absolute atomic E-state index is 15.1. The molecular formula is C26H23ClF2IN4O4-. The molecule has 1 saturated carbocycles. The second-order valence-corrected chi connectivity index (χ2v) is 11.0. The summed E-state index contributed by atoms with van der Waals surface area (Å²) in [6.07, 6.45) is 3.76. The second kappa shape index (κ2) is 11.3. The Kier molecular flexibility index (Phi) is 8.34. The molecule has 12 heteroatoms. The average Bonchev–Trinajstić information content (AvgIpc) is 3.73. The van der Waals surface area contributed by atoms with Crippen LogP contribution in [0.5, 0.6) is 11.5 Å². The number of hydrogen-bond acceptors (Lipinski definition) is 7. The predicted molar refractivity (Wildman–Crippen MR) is 133 cm³/mol. The standard InChI is InChI=1S/C26H23ClF2IN4O4/c1-14(2)26(28,29)23-22(38-19-7-15(11-31)6-18(27)9-19)25(36)34(13-32-23)12-16-8-20(21(35)17-4-5-17)24(37-3)33-30-10-16/h6-10,13,17,21,35H,1,4-5,12H2,2-3H3/q-1. The predicted octanol–water partition coefficient (Wildman–Crippen LogP) is 1.87. The number of methoxy groups -OCH3 is 1. The summed E-state index contributed by atoms with van der Waals surface area (Å²) in [4.78, 5) is 17.4. The van der Waals surface area contributed by atoms with Crippen LogP contribution in [0.4, 0.5) is 8.78 Å². The van der Waals surface area contributed by atoms with Gasteiger partial charge in [-0.15, -0.1) is 0 Å². The first-order chi connectivity index (χ1) is 18.0. The number of nitriles is 1. The zero-order valence-electron chi connectivity index (χ0n) is 20.4. The quantitative estimate of drug-likeness (QED) is 0.344. The van der Waals surface area contributed by atoms with Gasteiger partial charge in [-0.1, -0.05) is 0 Å². The topological polar surface area (TPSA) is 110 Å². The Labute approximate surface area is 233 Å². The van der Waals surface area contributed by atoms with Crippen LogP contribution in [-0.4, -0.2) is 33.8 Å². The van der Waals surface area contributed by atoms with E-state index in [1.165, 1.54) is 25.3 Å². The SMILES string of the molecule is C=C(C)C(F)(F)c1ncn(CC2=C[I-]N=C(OC)C(C(O)C3CC3)=C2)c(=O)c1Oc1cc(Cl)cc(C#N)c1. The van der Waals surface area contributed by atoms with Gasteiger partial charge in [-0.2, -0.15) is 0 Å². The minimum atomic E-state index is -3.67. The Bertz CT molecular complexity index is 1470. The molecule has 38 heavy (non-hydrogen) atoms. The summed E-state index contributed by atoms with van der Waals surface area (Å²) < 4.78 is 48.6. The first kappa shape index (κ1) is 27.9. The molecule has 1 aromatic heterocycles. The first-order valence-electron chi connectivity index (χ1n) is 11.4. The van der Waals surface area contributed by atoms with E-state index in [9.17, 15) is 15.2 Å². The fraction of sp³-hybridized carbons (Fsp3) is 0.308. The zero-order valence-corrected chi connectivity index (χ0v) is 23.3. The van der Waals surface area contributed by atoms with Crippen molar-refractivity contribution in [1.82, 2.24) is 9.55 Å². The molecule has 2 heterocycles.